The normalized spacial score (nSPS) is 10.7. The number of aldehydes is 1. The molecule has 1 aromatic carbocycles. The minimum absolute atomic E-state index is 0.105. The molecule has 1 aromatic heterocycles. The summed E-state index contributed by atoms with van der Waals surface area (Å²) in [5.74, 6) is 1.17. The summed E-state index contributed by atoms with van der Waals surface area (Å²) >= 11 is 0. The predicted octanol–water partition coefficient (Wildman–Crippen LogP) is 3.45. The van der Waals surface area contributed by atoms with Crippen molar-refractivity contribution in [1.82, 2.24) is 5.32 Å². The van der Waals surface area contributed by atoms with E-state index in [1.165, 1.54) is 0 Å². The van der Waals surface area contributed by atoms with Crippen LogP contribution in [-0.4, -0.2) is 18.7 Å². The van der Waals surface area contributed by atoms with Crippen LogP contribution in [0.2, 0.25) is 0 Å². The summed E-state index contributed by atoms with van der Waals surface area (Å²) in [6, 6.07) is 8.81. The number of amides is 1. The number of aryl methyl sites for hydroxylation is 1. The SMILES string of the molecule is Cc1ccc(C(=O)NCC(C)C)cc1-c1ccc(C=O)o1. The van der Waals surface area contributed by atoms with Crippen molar-refractivity contribution in [3.63, 3.8) is 0 Å². The summed E-state index contributed by atoms with van der Waals surface area (Å²) in [6.07, 6.45) is 0.665. The monoisotopic (exact) mass is 285 g/mol. The standard InChI is InChI=1S/C17H19NO3/c1-11(2)9-18-17(20)13-5-4-12(3)15(8-13)16-7-6-14(10-19)21-16/h4-8,10-11H,9H2,1-3H3,(H,18,20). The zero-order valence-electron chi connectivity index (χ0n) is 12.5. The maximum absolute atomic E-state index is 12.1. The first-order valence-electron chi connectivity index (χ1n) is 6.95. The van der Waals surface area contributed by atoms with Crippen LogP contribution in [-0.2, 0) is 0 Å². The lowest BCUT2D eigenvalue weighted by molar-refractivity contribution is 0.0948. The van der Waals surface area contributed by atoms with E-state index >= 15 is 0 Å². The molecular formula is C17H19NO3. The minimum atomic E-state index is -0.105. The summed E-state index contributed by atoms with van der Waals surface area (Å²) < 4.78 is 5.43. The van der Waals surface area contributed by atoms with Crippen LogP contribution in [0.25, 0.3) is 11.3 Å². The number of hydrogen-bond acceptors (Lipinski definition) is 3. The van der Waals surface area contributed by atoms with Crippen molar-refractivity contribution in [3.8, 4) is 11.3 Å². The number of carbonyl (C=O) groups is 2. The highest BCUT2D eigenvalue weighted by molar-refractivity contribution is 5.95. The third-order valence-corrected chi connectivity index (χ3v) is 3.18. The highest BCUT2D eigenvalue weighted by Crippen LogP contribution is 2.26. The Hall–Kier alpha value is -2.36. The molecule has 0 unspecified atom stereocenters. The molecule has 0 radical (unpaired) electrons. The molecule has 0 spiro atoms. The first kappa shape index (κ1) is 15.0. The van der Waals surface area contributed by atoms with E-state index in [2.05, 4.69) is 5.32 Å². The average Bonchev–Trinajstić information content (AvgIpc) is 2.94. The fourth-order valence-corrected chi connectivity index (χ4v) is 1.99. The van der Waals surface area contributed by atoms with E-state index in [0.717, 1.165) is 11.1 Å². The summed E-state index contributed by atoms with van der Waals surface area (Å²) in [4.78, 5) is 22.8. The number of nitrogens with one attached hydrogen (secondary N) is 1. The molecule has 0 aliphatic heterocycles. The Morgan fingerprint density at radius 3 is 2.67 bits per heavy atom. The van der Waals surface area contributed by atoms with Gasteiger partial charge in [0.15, 0.2) is 12.0 Å². The maximum Gasteiger partial charge on any atom is 0.251 e. The Labute approximate surface area is 124 Å². The number of benzene rings is 1. The van der Waals surface area contributed by atoms with Crippen molar-refractivity contribution in [2.75, 3.05) is 6.54 Å². The zero-order chi connectivity index (χ0) is 15.4. The molecule has 21 heavy (non-hydrogen) atoms. The highest BCUT2D eigenvalue weighted by Gasteiger charge is 2.12. The molecule has 1 amide bonds. The molecule has 0 aliphatic rings. The van der Waals surface area contributed by atoms with E-state index in [-0.39, 0.29) is 11.7 Å². The molecule has 4 heteroatoms. The lowest BCUT2D eigenvalue weighted by Gasteiger charge is -2.09. The molecule has 0 saturated heterocycles. The van der Waals surface area contributed by atoms with Crippen LogP contribution < -0.4 is 5.32 Å². The van der Waals surface area contributed by atoms with Gasteiger partial charge in [-0.15, -0.1) is 0 Å². The highest BCUT2D eigenvalue weighted by atomic mass is 16.3. The van der Waals surface area contributed by atoms with Gasteiger partial charge in [-0.05, 0) is 42.7 Å². The fraction of sp³-hybridized carbons (Fsp3) is 0.294. The van der Waals surface area contributed by atoms with Gasteiger partial charge < -0.3 is 9.73 Å². The van der Waals surface area contributed by atoms with Crippen molar-refractivity contribution in [2.45, 2.75) is 20.8 Å². The molecular weight excluding hydrogens is 266 g/mol. The minimum Gasteiger partial charge on any atom is -0.453 e. The third-order valence-electron chi connectivity index (χ3n) is 3.18. The molecule has 0 fully saturated rings. The number of hydrogen-bond donors (Lipinski definition) is 1. The van der Waals surface area contributed by atoms with Gasteiger partial charge in [-0.1, -0.05) is 19.9 Å². The average molecular weight is 285 g/mol. The Morgan fingerprint density at radius 2 is 2.05 bits per heavy atom. The fourth-order valence-electron chi connectivity index (χ4n) is 1.99. The molecule has 1 N–H and O–H groups in total. The van der Waals surface area contributed by atoms with Crippen LogP contribution in [0.15, 0.2) is 34.7 Å². The molecule has 110 valence electrons. The number of rotatable bonds is 5. The Bertz CT molecular complexity index is 656. The first-order chi connectivity index (χ1) is 10.0. The molecule has 0 bridgehead atoms. The first-order valence-corrected chi connectivity index (χ1v) is 6.95. The van der Waals surface area contributed by atoms with Gasteiger partial charge in [0.2, 0.25) is 0 Å². The van der Waals surface area contributed by atoms with Crippen LogP contribution in [0.3, 0.4) is 0 Å². The quantitative estimate of drug-likeness (QED) is 0.856. The van der Waals surface area contributed by atoms with E-state index in [4.69, 9.17) is 4.42 Å². The zero-order valence-corrected chi connectivity index (χ0v) is 12.5. The maximum atomic E-state index is 12.1. The van der Waals surface area contributed by atoms with Crippen molar-refractivity contribution in [3.05, 3.63) is 47.2 Å². The Balaban J connectivity index is 2.28. The summed E-state index contributed by atoms with van der Waals surface area (Å²) in [5.41, 5.74) is 2.39. The second-order valence-electron chi connectivity index (χ2n) is 5.45. The molecule has 2 rings (SSSR count). The largest absolute Gasteiger partial charge is 0.453 e. The van der Waals surface area contributed by atoms with Gasteiger partial charge >= 0.3 is 0 Å². The van der Waals surface area contributed by atoms with E-state index in [0.29, 0.717) is 30.1 Å². The molecule has 0 atom stereocenters. The van der Waals surface area contributed by atoms with Crippen molar-refractivity contribution < 1.29 is 14.0 Å². The lowest BCUT2D eigenvalue weighted by atomic mass is 10.0. The third kappa shape index (κ3) is 3.60. The Morgan fingerprint density at radius 1 is 1.29 bits per heavy atom. The second kappa shape index (κ2) is 6.39. The topological polar surface area (TPSA) is 59.3 Å². The van der Waals surface area contributed by atoms with Gasteiger partial charge in [0, 0.05) is 17.7 Å². The lowest BCUT2D eigenvalue weighted by Crippen LogP contribution is -2.27. The molecule has 0 saturated carbocycles. The van der Waals surface area contributed by atoms with Crippen LogP contribution >= 0.6 is 0 Å². The smallest absolute Gasteiger partial charge is 0.251 e. The summed E-state index contributed by atoms with van der Waals surface area (Å²) in [6.45, 7) is 6.67. The van der Waals surface area contributed by atoms with Crippen molar-refractivity contribution in [2.24, 2.45) is 5.92 Å². The summed E-state index contributed by atoms with van der Waals surface area (Å²) in [5, 5.41) is 2.89. The van der Waals surface area contributed by atoms with Crippen LogP contribution in [0.5, 0.6) is 0 Å². The van der Waals surface area contributed by atoms with E-state index < -0.39 is 0 Å². The Kier molecular flexibility index (Phi) is 4.58. The van der Waals surface area contributed by atoms with Gasteiger partial charge in [0.05, 0.1) is 0 Å². The van der Waals surface area contributed by atoms with E-state index in [9.17, 15) is 9.59 Å². The van der Waals surface area contributed by atoms with Crippen LogP contribution in [0.1, 0.15) is 40.3 Å². The number of carbonyl (C=O) groups excluding carboxylic acids is 2. The predicted molar refractivity (Wildman–Crippen MR) is 81.4 cm³/mol. The molecule has 4 nitrogen and oxygen atoms in total. The summed E-state index contributed by atoms with van der Waals surface area (Å²) in [7, 11) is 0. The van der Waals surface area contributed by atoms with E-state index in [1.54, 1.807) is 24.3 Å². The number of furan rings is 1. The molecule has 0 aliphatic carbocycles. The molecule has 2 aromatic rings. The van der Waals surface area contributed by atoms with Gasteiger partial charge in [-0.2, -0.15) is 0 Å². The van der Waals surface area contributed by atoms with Gasteiger partial charge in [0.25, 0.3) is 5.91 Å². The molecule has 1 heterocycles. The van der Waals surface area contributed by atoms with Crippen LogP contribution in [0.4, 0.5) is 0 Å². The van der Waals surface area contributed by atoms with Crippen molar-refractivity contribution in [1.29, 1.82) is 0 Å². The van der Waals surface area contributed by atoms with E-state index in [1.807, 2.05) is 26.8 Å². The van der Waals surface area contributed by atoms with Crippen molar-refractivity contribution >= 4 is 12.2 Å². The van der Waals surface area contributed by atoms with Gasteiger partial charge in [-0.3, -0.25) is 9.59 Å². The van der Waals surface area contributed by atoms with Gasteiger partial charge in [-0.25, -0.2) is 0 Å². The second-order valence-corrected chi connectivity index (χ2v) is 5.45. The van der Waals surface area contributed by atoms with Gasteiger partial charge in [0.1, 0.15) is 5.76 Å². The van der Waals surface area contributed by atoms with Crippen LogP contribution in [0, 0.1) is 12.8 Å².